The van der Waals surface area contributed by atoms with Gasteiger partial charge in [-0.05, 0) is 29.3 Å². The Bertz CT molecular complexity index is 991. The number of methoxy groups -OCH3 is 1. The van der Waals surface area contributed by atoms with Crippen LogP contribution in [0.5, 0.6) is 5.75 Å². The van der Waals surface area contributed by atoms with E-state index in [2.05, 4.69) is 0 Å². The van der Waals surface area contributed by atoms with E-state index in [0.29, 0.717) is 11.6 Å². The second-order valence-electron chi connectivity index (χ2n) is 5.60. The maximum Gasteiger partial charge on any atom is 0.316 e. The Labute approximate surface area is 149 Å². The number of aromatic nitrogens is 2. The first-order chi connectivity index (χ1) is 12.1. The highest BCUT2D eigenvalue weighted by molar-refractivity contribution is 6.31. The van der Waals surface area contributed by atoms with Crippen LogP contribution in [0.1, 0.15) is 11.1 Å². The van der Waals surface area contributed by atoms with E-state index in [1.54, 1.807) is 25.6 Å². The van der Waals surface area contributed by atoms with Crippen molar-refractivity contribution in [3.05, 3.63) is 97.8 Å². The molecule has 0 atom stereocenters. The third kappa shape index (κ3) is 3.83. The molecular weight excluding hydrogens is 340 g/mol. The second-order valence-corrected chi connectivity index (χ2v) is 6.01. The summed E-state index contributed by atoms with van der Waals surface area (Å²) in [6, 6.07) is 14.6. The van der Waals surface area contributed by atoms with Crippen LogP contribution in [0.2, 0.25) is 5.02 Å². The molecule has 25 heavy (non-hydrogen) atoms. The molecule has 0 amide bonds. The lowest BCUT2D eigenvalue weighted by molar-refractivity contribution is 0.414. The summed E-state index contributed by atoms with van der Waals surface area (Å²) in [7, 11) is 1.60. The molecule has 0 bridgehead atoms. The zero-order valence-corrected chi connectivity index (χ0v) is 14.4. The van der Waals surface area contributed by atoms with Gasteiger partial charge in [-0.25, -0.2) is 0 Å². The van der Waals surface area contributed by atoms with Crippen LogP contribution < -0.4 is 15.9 Å². The molecule has 2 aromatic carbocycles. The lowest BCUT2D eigenvalue weighted by atomic mass is 10.2. The number of ether oxygens (including phenoxy) is 1. The van der Waals surface area contributed by atoms with E-state index in [1.807, 2.05) is 42.5 Å². The first-order valence-corrected chi connectivity index (χ1v) is 8.12. The molecule has 0 radical (unpaired) electrons. The Morgan fingerprint density at radius 3 is 2.08 bits per heavy atom. The summed E-state index contributed by atoms with van der Waals surface area (Å²) in [4.78, 5) is 24.7. The lowest BCUT2D eigenvalue weighted by Gasteiger charge is -2.10. The largest absolute Gasteiger partial charge is 0.497 e. The van der Waals surface area contributed by atoms with Crippen molar-refractivity contribution < 1.29 is 4.74 Å². The molecule has 3 aromatic rings. The first-order valence-electron chi connectivity index (χ1n) is 7.74. The fraction of sp³-hybridized carbons (Fsp3) is 0.158. The molecule has 128 valence electrons. The number of hydrogen-bond donors (Lipinski definition) is 0. The molecule has 0 aliphatic rings. The molecule has 0 aliphatic carbocycles. The van der Waals surface area contributed by atoms with Crippen LogP contribution in [0.4, 0.5) is 0 Å². The zero-order chi connectivity index (χ0) is 17.8. The van der Waals surface area contributed by atoms with E-state index in [-0.39, 0.29) is 6.54 Å². The minimum atomic E-state index is -0.573. The van der Waals surface area contributed by atoms with Crippen LogP contribution in [-0.2, 0) is 13.1 Å². The second kappa shape index (κ2) is 7.40. The fourth-order valence-corrected chi connectivity index (χ4v) is 2.72. The molecule has 1 heterocycles. The van der Waals surface area contributed by atoms with Gasteiger partial charge in [0.2, 0.25) is 0 Å². The van der Waals surface area contributed by atoms with E-state index in [4.69, 9.17) is 16.3 Å². The Morgan fingerprint density at radius 1 is 0.880 bits per heavy atom. The van der Waals surface area contributed by atoms with E-state index >= 15 is 0 Å². The number of nitrogens with zero attached hydrogens (tertiary/aromatic N) is 2. The van der Waals surface area contributed by atoms with E-state index in [1.165, 1.54) is 9.13 Å². The molecular formula is C19H17ClN2O3. The summed E-state index contributed by atoms with van der Waals surface area (Å²) in [5.74, 6) is 0.742. The summed E-state index contributed by atoms with van der Waals surface area (Å²) < 4.78 is 7.88. The summed E-state index contributed by atoms with van der Waals surface area (Å²) >= 11 is 6.12. The van der Waals surface area contributed by atoms with Crippen LogP contribution in [0, 0.1) is 0 Å². The van der Waals surface area contributed by atoms with Crippen LogP contribution in [-0.4, -0.2) is 16.2 Å². The van der Waals surface area contributed by atoms with Crippen LogP contribution in [0.25, 0.3) is 0 Å². The highest BCUT2D eigenvalue weighted by Gasteiger charge is 2.08. The minimum absolute atomic E-state index is 0.261. The molecule has 0 spiro atoms. The topological polar surface area (TPSA) is 53.2 Å². The molecule has 6 heteroatoms. The van der Waals surface area contributed by atoms with Crippen LogP contribution >= 0.6 is 11.6 Å². The molecule has 0 unspecified atom stereocenters. The lowest BCUT2D eigenvalue weighted by Crippen LogP contribution is -2.40. The number of rotatable bonds is 5. The molecule has 0 aliphatic heterocycles. The number of hydrogen-bond acceptors (Lipinski definition) is 3. The Hall–Kier alpha value is -2.79. The molecule has 0 saturated carbocycles. The molecule has 5 nitrogen and oxygen atoms in total. The molecule has 0 N–H and O–H groups in total. The smallest absolute Gasteiger partial charge is 0.316 e. The van der Waals surface area contributed by atoms with Gasteiger partial charge in [0, 0.05) is 17.4 Å². The molecule has 0 fully saturated rings. The van der Waals surface area contributed by atoms with Crippen LogP contribution in [0.15, 0.2) is 70.5 Å². The third-order valence-corrected chi connectivity index (χ3v) is 4.31. The minimum Gasteiger partial charge on any atom is -0.497 e. The van der Waals surface area contributed by atoms with Crippen molar-refractivity contribution in [3.63, 3.8) is 0 Å². The first kappa shape index (κ1) is 17.0. The van der Waals surface area contributed by atoms with Crippen molar-refractivity contribution in [1.82, 2.24) is 9.13 Å². The highest BCUT2D eigenvalue weighted by Crippen LogP contribution is 2.15. The quantitative estimate of drug-likeness (QED) is 0.660. The molecule has 1 aromatic heterocycles. The van der Waals surface area contributed by atoms with Crippen molar-refractivity contribution in [2.24, 2.45) is 0 Å². The Kier molecular flexibility index (Phi) is 5.05. The summed E-state index contributed by atoms with van der Waals surface area (Å²) in [6.45, 7) is 0.585. The number of halogens is 1. The predicted molar refractivity (Wildman–Crippen MR) is 97.6 cm³/mol. The highest BCUT2D eigenvalue weighted by atomic mass is 35.5. The third-order valence-electron chi connectivity index (χ3n) is 3.94. The SMILES string of the molecule is COc1ccc(Cn2ccn(Cc3ccccc3Cl)c(=O)c2=O)cc1. The van der Waals surface area contributed by atoms with Gasteiger partial charge in [0.05, 0.1) is 20.2 Å². The van der Waals surface area contributed by atoms with Crippen molar-refractivity contribution in [1.29, 1.82) is 0 Å². The van der Waals surface area contributed by atoms with Crippen molar-refractivity contribution in [2.75, 3.05) is 7.11 Å². The average Bonchev–Trinajstić information content (AvgIpc) is 2.63. The average molecular weight is 357 g/mol. The van der Waals surface area contributed by atoms with Gasteiger partial charge in [0.15, 0.2) is 0 Å². The van der Waals surface area contributed by atoms with Crippen molar-refractivity contribution in [3.8, 4) is 5.75 Å². The summed E-state index contributed by atoms with van der Waals surface area (Å²) in [5.41, 5.74) is 0.561. The van der Waals surface area contributed by atoms with Gasteiger partial charge in [-0.15, -0.1) is 0 Å². The normalized spacial score (nSPS) is 10.6. The number of benzene rings is 2. The molecule has 3 rings (SSSR count). The van der Waals surface area contributed by atoms with Crippen LogP contribution in [0.3, 0.4) is 0 Å². The maximum atomic E-state index is 12.4. The summed E-state index contributed by atoms with van der Waals surface area (Å²) in [5, 5.41) is 0.566. The van der Waals surface area contributed by atoms with Gasteiger partial charge in [-0.3, -0.25) is 9.59 Å². The van der Waals surface area contributed by atoms with Gasteiger partial charge in [-0.1, -0.05) is 41.9 Å². The van der Waals surface area contributed by atoms with Gasteiger partial charge in [-0.2, -0.15) is 0 Å². The zero-order valence-electron chi connectivity index (χ0n) is 13.7. The predicted octanol–water partition coefficient (Wildman–Crippen LogP) is 2.77. The standard InChI is InChI=1S/C19H17ClN2O3/c1-25-16-8-6-14(7-9-16)12-21-10-11-22(19(24)18(21)23)13-15-4-2-3-5-17(15)20/h2-11H,12-13H2,1H3. The van der Waals surface area contributed by atoms with Crippen molar-refractivity contribution >= 4 is 11.6 Å². The van der Waals surface area contributed by atoms with E-state index in [0.717, 1.165) is 16.9 Å². The van der Waals surface area contributed by atoms with E-state index < -0.39 is 11.1 Å². The van der Waals surface area contributed by atoms with E-state index in [9.17, 15) is 9.59 Å². The van der Waals surface area contributed by atoms with Gasteiger partial charge >= 0.3 is 11.1 Å². The maximum absolute atomic E-state index is 12.4. The van der Waals surface area contributed by atoms with Gasteiger partial charge in [0.1, 0.15) is 5.75 Å². The van der Waals surface area contributed by atoms with Gasteiger partial charge < -0.3 is 13.9 Å². The monoisotopic (exact) mass is 356 g/mol. The Morgan fingerprint density at radius 2 is 1.48 bits per heavy atom. The fourth-order valence-electron chi connectivity index (χ4n) is 2.53. The molecule has 0 saturated heterocycles. The Balaban J connectivity index is 1.86. The summed E-state index contributed by atoms with van der Waals surface area (Å²) in [6.07, 6.45) is 3.22. The van der Waals surface area contributed by atoms with Crippen molar-refractivity contribution in [2.45, 2.75) is 13.1 Å². The van der Waals surface area contributed by atoms with Gasteiger partial charge in [0.25, 0.3) is 0 Å².